The van der Waals surface area contributed by atoms with Crippen LogP contribution in [0.1, 0.15) is 13.3 Å². The van der Waals surface area contributed by atoms with Gasteiger partial charge in [0.15, 0.2) is 0 Å². The molecule has 0 aliphatic carbocycles. The molecule has 0 saturated carbocycles. The minimum Gasteiger partial charge on any atom is -0.490 e. The smallest absolute Gasteiger partial charge is 0.142 e. The molecule has 0 aliphatic rings. The second kappa shape index (κ2) is 10.9. The zero-order valence-electron chi connectivity index (χ0n) is 16.2. The molecule has 0 spiro atoms. The van der Waals surface area contributed by atoms with Crippen molar-refractivity contribution in [1.29, 1.82) is 0 Å². The lowest BCUT2D eigenvalue weighted by atomic mass is 10.2. The van der Waals surface area contributed by atoms with Crippen molar-refractivity contribution < 1.29 is 14.2 Å². The summed E-state index contributed by atoms with van der Waals surface area (Å²) in [5.74, 6) is 2.55. The van der Waals surface area contributed by atoms with E-state index in [0.717, 1.165) is 29.4 Å². The summed E-state index contributed by atoms with van der Waals surface area (Å²) < 4.78 is 17.6. The predicted molar refractivity (Wildman–Crippen MR) is 114 cm³/mol. The molecule has 0 fully saturated rings. The van der Waals surface area contributed by atoms with E-state index in [-0.39, 0.29) is 6.10 Å². The molecule has 1 atom stereocenters. The van der Waals surface area contributed by atoms with Crippen LogP contribution in [0.3, 0.4) is 0 Å². The van der Waals surface area contributed by atoms with Crippen LogP contribution in [0.15, 0.2) is 84.9 Å². The average molecular weight is 377 g/mol. The van der Waals surface area contributed by atoms with Gasteiger partial charge in [-0.3, -0.25) is 0 Å². The van der Waals surface area contributed by atoms with Crippen molar-refractivity contribution in [3.63, 3.8) is 0 Å². The monoisotopic (exact) mass is 377 g/mol. The molecule has 0 saturated heterocycles. The Morgan fingerprint density at radius 1 is 0.714 bits per heavy atom. The van der Waals surface area contributed by atoms with E-state index in [1.165, 1.54) is 0 Å². The van der Waals surface area contributed by atoms with Gasteiger partial charge in [0.1, 0.15) is 36.6 Å². The van der Waals surface area contributed by atoms with E-state index in [1.807, 2.05) is 84.9 Å². The molecule has 0 heterocycles. The highest BCUT2D eigenvalue weighted by atomic mass is 16.5. The zero-order chi connectivity index (χ0) is 19.4. The SMILES string of the molecule is CCC(CNc1ccccc1OCCOc1ccccc1)Oc1ccccc1. The Morgan fingerprint density at radius 3 is 2.04 bits per heavy atom. The Balaban J connectivity index is 1.48. The summed E-state index contributed by atoms with van der Waals surface area (Å²) in [5, 5.41) is 3.45. The molecule has 3 aromatic rings. The van der Waals surface area contributed by atoms with E-state index >= 15 is 0 Å². The van der Waals surface area contributed by atoms with Crippen LogP contribution in [-0.4, -0.2) is 25.9 Å². The summed E-state index contributed by atoms with van der Waals surface area (Å²) in [5.41, 5.74) is 0.956. The number of anilines is 1. The van der Waals surface area contributed by atoms with E-state index in [4.69, 9.17) is 14.2 Å². The van der Waals surface area contributed by atoms with Crippen LogP contribution >= 0.6 is 0 Å². The van der Waals surface area contributed by atoms with Gasteiger partial charge >= 0.3 is 0 Å². The van der Waals surface area contributed by atoms with Gasteiger partial charge in [-0.15, -0.1) is 0 Å². The summed E-state index contributed by atoms with van der Waals surface area (Å²) in [4.78, 5) is 0. The number of para-hydroxylation sites is 4. The van der Waals surface area contributed by atoms with Crippen molar-refractivity contribution in [2.24, 2.45) is 0 Å². The molecule has 0 aromatic heterocycles. The highest BCUT2D eigenvalue weighted by Gasteiger charge is 2.10. The topological polar surface area (TPSA) is 39.7 Å². The molecule has 3 aromatic carbocycles. The molecule has 4 heteroatoms. The van der Waals surface area contributed by atoms with Crippen LogP contribution in [-0.2, 0) is 0 Å². The summed E-state index contributed by atoms with van der Waals surface area (Å²) >= 11 is 0. The summed E-state index contributed by atoms with van der Waals surface area (Å²) in [7, 11) is 0. The molecule has 0 radical (unpaired) electrons. The van der Waals surface area contributed by atoms with Gasteiger partial charge in [-0.2, -0.15) is 0 Å². The average Bonchev–Trinajstić information content (AvgIpc) is 2.76. The first-order chi connectivity index (χ1) is 13.8. The van der Waals surface area contributed by atoms with E-state index in [9.17, 15) is 0 Å². The van der Waals surface area contributed by atoms with Gasteiger partial charge in [0.25, 0.3) is 0 Å². The van der Waals surface area contributed by atoms with Crippen LogP contribution in [0.2, 0.25) is 0 Å². The van der Waals surface area contributed by atoms with Gasteiger partial charge in [-0.1, -0.05) is 55.5 Å². The number of benzene rings is 3. The highest BCUT2D eigenvalue weighted by molar-refractivity contribution is 5.56. The highest BCUT2D eigenvalue weighted by Crippen LogP contribution is 2.24. The maximum atomic E-state index is 6.05. The fourth-order valence-corrected chi connectivity index (χ4v) is 2.75. The molecule has 0 aliphatic heterocycles. The third kappa shape index (κ3) is 6.23. The Bertz CT molecular complexity index is 808. The minimum atomic E-state index is 0.0804. The molecular weight excluding hydrogens is 350 g/mol. The number of ether oxygens (including phenoxy) is 3. The third-order valence-electron chi connectivity index (χ3n) is 4.26. The maximum Gasteiger partial charge on any atom is 0.142 e. The van der Waals surface area contributed by atoms with E-state index in [1.54, 1.807) is 0 Å². The van der Waals surface area contributed by atoms with Gasteiger partial charge in [0.2, 0.25) is 0 Å². The minimum absolute atomic E-state index is 0.0804. The maximum absolute atomic E-state index is 6.05. The van der Waals surface area contributed by atoms with Gasteiger partial charge in [-0.05, 0) is 42.8 Å². The van der Waals surface area contributed by atoms with Crippen LogP contribution < -0.4 is 19.5 Å². The molecule has 146 valence electrons. The number of hydrogen-bond acceptors (Lipinski definition) is 4. The van der Waals surface area contributed by atoms with Crippen molar-refractivity contribution in [2.45, 2.75) is 19.4 Å². The van der Waals surface area contributed by atoms with E-state index in [2.05, 4.69) is 12.2 Å². The van der Waals surface area contributed by atoms with Crippen LogP contribution in [0.25, 0.3) is 0 Å². The first-order valence-corrected chi connectivity index (χ1v) is 9.70. The van der Waals surface area contributed by atoms with Gasteiger partial charge in [0.05, 0.1) is 12.2 Å². The zero-order valence-corrected chi connectivity index (χ0v) is 16.2. The van der Waals surface area contributed by atoms with Crippen molar-refractivity contribution in [3.8, 4) is 17.2 Å². The molecule has 28 heavy (non-hydrogen) atoms. The Hall–Kier alpha value is -3.14. The third-order valence-corrected chi connectivity index (χ3v) is 4.26. The standard InChI is InChI=1S/C24H27NO3/c1-2-20(28-22-13-7-4-8-14-22)19-25-23-15-9-10-16-24(23)27-18-17-26-21-11-5-3-6-12-21/h3-16,20,25H,2,17-19H2,1H3. The fourth-order valence-electron chi connectivity index (χ4n) is 2.75. The van der Waals surface area contributed by atoms with Gasteiger partial charge in [0, 0.05) is 0 Å². The fraction of sp³-hybridized carbons (Fsp3) is 0.250. The van der Waals surface area contributed by atoms with E-state index < -0.39 is 0 Å². The molecule has 3 rings (SSSR count). The molecule has 0 amide bonds. The molecule has 4 nitrogen and oxygen atoms in total. The molecule has 1 N–H and O–H groups in total. The van der Waals surface area contributed by atoms with Crippen LogP contribution in [0, 0.1) is 0 Å². The Morgan fingerprint density at radius 2 is 1.32 bits per heavy atom. The van der Waals surface area contributed by atoms with Crippen molar-refractivity contribution in [1.82, 2.24) is 0 Å². The Kier molecular flexibility index (Phi) is 7.62. The van der Waals surface area contributed by atoms with Gasteiger partial charge in [-0.25, -0.2) is 0 Å². The van der Waals surface area contributed by atoms with Crippen LogP contribution in [0.4, 0.5) is 5.69 Å². The lowest BCUT2D eigenvalue weighted by Crippen LogP contribution is -2.25. The number of nitrogens with one attached hydrogen (secondary N) is 1. The molecular formula is C24H27NO3. The second-order valence-corrected chi connectivity index (χ2v) is 6.35. The lowest BCUT2D eigenvalue weighted by molar-refractivity contribution is 0.208. The summed E-state index contributed by atoms with van der Waals surface area (Å²) in [6.07, 6.45) is 0.993. The molecule has 0 bridgehead atoms. The predicted octanol–water partition coefficient (Wildman–Crippen LogP) is 5.41. The number of hydrogen-bond donors (Lipinski definition) is 1. The first kappa shape index (κ1) is 19.6. The largest absolute Gasteiger partial charge is 0.490 e. The van der Waals surface area contributed by atoms with Crippen LogP contribution in [0.5, 0.6) is 17.2 Å². The number of rotatable bonds is 11. The van der Waals surface area contributed by atoms with Gasteiger partial charge < -0.3 is 19.5 Å². The van der Waals surface area contributed by atoms with Crippen molar-refractivity contribution >= 4 is 5.69 Å². The summed E-state index contributed by atoms with van der Waals surface area (Å²) in [6, 6.07) is 27.6. The normalized spacial score (nSPS) is 11.5. The summed E-state index contributed by atoms with van der Waals surface area (Å²) in [6.45, 7) is 3.79. The lowest BCUT2D eigenvalue weighted by Gasteiger charge is -2.20. The molecule has 1 unspecified atom stereocenters. The second-order valence-electron chi connectivity index (χ2n) is 6.35. The first-order valence-electron chi connectivity index (χ1n) is 9.70. The van der Waals surface area contributed by atoms with E-state index in [0.29, 0.717) is 19.8 Å². The van der Waals surface area contributed by atoms with Crippen molar-refractivity contribution in [2.75, 3.05) is 25.1 Å². The quantitative estimate of drug-likeness (QED) is 0.453. The van der Waals surface area contributed by atoms with Crippen molar-refractivity contribution in [3.05, 3.63) is 84.9 Å². The Labute approximate surface area is 167 Å².